The molecule has 1 aromatic heterocycles. The molecule has 6 nitrogen and oxygen atoms in total. The van der Waals surface area contributed by atoms with Crippen LogP contribution in [0.4, 0.5) is 18.9 Å². The fourth-order valence-electron chi connectivity index (χ4n) is 3.55. The van der Waals surface area contributed by atoms with E-state index in [2.05, 4.69) is 0 Å². The highest BCUT2D eigenvalue weighted by atomic mass is 32.2. The van der Waals surface area contributed by atoms with Gasteiger partial charge in [-0.25, -0.2) is 18.0 Å². The molecule has 1 unspecified atom stereocenters. The lowest BCUT2D eigenvalue weighted by Gasteiger charge is -2.34. The number of pyridine rings is 1. The first kappa shape index (κ1) is 17.2. The van der Waals surface area contributed by atoms with Crippen molar-refractivity contribution in [1.82, 2.24) is 4.57 Å². The molecule has 0 saturated carbocycles. The number of carboxylic acids is 1. The largest absolute Gasteiger partial charge is 0.477 e. The molecule has 2 aliphatic rings. The van der Waals surface area contributed by atoms with E-state index in [4.69, 9.17) is 5.73 Å². The van der Waals surface area contributed by atoms with Crippen LogP contribution in [0.25, 0.3) is 10.9 Å². The fraction of sp³-hybridized carbons (Fsp3) is 0.375. The van der Waals surface area contributed by atoms with Crippen molar-refractivity contribution in [1.29, 1.82) is 0 Å². The third kappa shape index (κ3) is 2.25. The number of rotatable bonds is 3. The minimum absolute atomic E-state index is 0.0211. The lowest BCUT2D eigenvalue weighted by molar-refractivity contribution is 0.0689. The molecule has 0 spiro atoms. The number of aromatic carboxylic acids is 1. The van der Waals surface area contributed by atoms with E-state index in [-0.39, 0.29) is 28.8 Å². The molecule has 2 atom stereocenters. The van der Waals surface area contributed by atoms with E-state index in [0.29, 0.717) is 13.0 Å². The third-order valence-corrected chi connectivity index (χ3v) is 5.97. The van der Waals surface area contributed by atoms with Gasteiger partial charge in [0.1, 0.15) is 29.1 Å². The predicted octanol–water partition coefficient (Wildman–Crippen LogP) is 2.09. The van der Waals surface area contributed by atoms with Gasteiger partial charge in [0.25, 0.3) is 0 Å². The maximum Gasteiger partial charge on any atom is 0.342 e. The normalized spacial score (nSPS) is 21.8. The zero-order valence-corrected chi connectivity index (χ0v) is 14.2. The summed E-state index contributed by atoms with van der Waals surface area (Å²) >= 11 is 0.848. The van der Waals surface area contributed by atoms with Crippen molar-refractivity contribution in [3.63, 3.8) is 0 Å². The van der Waals surface area contributed by atoms with Crippen LogP contribution < -0.4 is 16.1 Å². The molecule has 2 aliphatic heterocycles. The van der Waals surface area contributed by atoms with Crippen LogP contribution in [0, 0.1) is 11.6 Å². The van der Waals surface area contributed by atoms with Gasteiger partial charge in [-0.2, -0.15) is 0 Å². The number of halogens is 3. The number of thioether (sulfide) groups is 1. The second-order valence-electron chi connectivity index (χ2n) is 6.32. The molecule has 0 amide bonds. The van der Waals surface area contributed by atoms with Crippen molar-refractivity contribution in [3.8, 4) is 0 Å². The van der Waals surface area contributed by atoms with Crippen LogP contribution in [0.1, 0.15) is 22.2 Å². The molecule has 2 aromatic rings. The van der Waals surface area contributed by atoms with E-state index < -0.39 is 46.0 Å². The van der Waals surface area contributed by atoms with E-state index in [9.17, 15) is 23.5 Å². The van der Waals surface area contributed by atoms with Crippen LogP contribution in [0.5, 0.6) is 0 Å². The number of anilines is 1. The monoisotopic (exact) mass is 385 g/mol. The third-order valence-electron chi connectivity index (χ3n) is 4.74. The molecule has 0 aliphatic carbocycles. The van der Waals surface area contributed by atoms with E-state index in [0.717, 1.165) is 22.4 Å². The fourth-order valence-corrected chi connectivity index (χ4v) is 4.66. The molecular formula is C16H14F3N3O3S. The SMILES string of the molecule is N[C@@H]1CCN(c2c(F)cc3c(=O)c(C(=O)O)c4n(c3c2F)C(CF)S4)C1. The van der Waals surface area contributed by atoms with Gasteiger partial charge in [0.15, 0.2) is 5.82 Å². The maximum absolute atomic E-state index is 15.2. The average molecular weight is 385 g/mol. The molecule has 138 valence electrons. The minimum Gasteiger partial charge on any atom is -0.477 e. The standard InChI is InChI=1S/C16H14F3N3O3S/c17-4-9-22-12-7(14(23)10(16(24)25)15(22)26-9)3-8(18)13(11(12)19)21-2-1-6(20)5-21/h3,6,9H,1-2,4-5,20H2,(H,24,25)/t6-,9?/m1/s1. The van der Waals surface area contributed by atoms with Gasteiger partial charge in [0, 0.05) is 19.1 Å². The number of benzene rings is 1. The summed E-state index contributed by atoms with van der Waals surface area (Å²) < 4.78 is 44.2. The predicted molar refractivity (Wildman–Crippen MR) is 90.8 cm³/mol. The number of carbonyl (C=O) groups is 1. The van der Waals surface area contributed by atoms with E-state index in [1.807, 2.05) is 0 Å². The Balaban J connectivity index is 2.06. The van der Waals surface area contributed by atoms with Crippen LogP contribution in [-0.4, -0.2) is 41.4 Å². The summed E-state index contributed by atoms with van der Waals surface area (Å²) in [5, 5.41) is 8.00. The molecule has 26 heavy (non-hydrogen) atoms. The highest BCUT2D eigenvalue weighted by Crippen LogP contribution is 2.48. The summed E-state index contributed by atoms with van der Waals surface area (Å²) in [7, 11) is 0. The molecule has 0 bridgehead atoms. The Morgan fingerprint density at radius 3 is 2.73 bits per heavy atom. The van der Waals surface area contributed by atoms with Crippen LogP contribution in [0.15, 0.2) is 15.9 Å². The topological polar surface area (TPSA) is 88.6 Å². The Bertz CT molecular complexity index is 1010. The van der Waals surface area contributed by atoms with Crippen molar-refractivity contribution in [2.45, 2.75) is 22.9 Å². The van der Waals surface area contributed by atoms with Crippen molar-refractivity contribution < 1.29 is 23.1 Å². The Morgan fingerprint density at radius 2 is 2.15 bits per heavy atom. The van der Waals surface area contributed by atoms with Crippen LogP contribution in [0.3, 0.4) is 0 Å². The molecule has 4 rings (SSSR count). The second kappa shape index (κ2) is 5.92. The highest BCUT2D eigenvalue weighted by molar-refractivity contribution is 8.00. The van der Waals surface area contributed by atoms with Crippen molar-refractivity contribution in [2.24, 2.45) is 5.73 Å². The lowest BCUT2D eigenvalue weighted by Crippen LogP contribution is -2.32. The number of fused-ring (bicyclic) bond motifs is 3. The molecule has 3 heterocycles. The Hall–Kier alpha value is -2.20. The molecule has 3 N–H and O–H groups in total. The number of nitrogens with zero attached hydrogens (tertiary/aromatic N) is 2. The van der Waals surface area contributed by atoms with Gasteiger partial charge in [-0.15, -0.1) is 0 Å². The highest BCUT2D eigenvalue weighted by Gasteiger charge is 2.38. The van der Waals surface area contributed by atoms with Crippen molar-refractivity contribution in [2.75, 3.05) is 24.7 Å². The van der Waals surface area contributed by atoms with Crippen molar-refractivity contribution in [3.05, 3.63) is 33.5 Å². The van der Waals surface area contributed by atoms with Crippen LogP contribution in [-0.2, 0) is 0 Å². The number of carboxylic acid groups (broad SMARTS) is 1. The van der Waals surface area contributed by atoms with Gasteiger partial charge in [0.2, 0.25) is 5.43 Å². The Kier molecular flexibility index (Phi) is 3.92. The first-order chi connectivity index (χ1) is 12.3. The Morgan fingerprint density at radius 1 is 1.42 bits per heavy atom. The van der Waals surface area contributed by atoms with E-state index in [1.165, 1.54) is 4.90 Å². The lowest BCUT2D eigenvalue weighted by atomic mass is 10.1. The van der Waals surface area contributed by atoms with Gasteiger partial charge in [-0.1, -0.05) is 11.8 Å². The van der Waals surface area contributed by atoms with Gasteiger partial charge in [-0.05, 0) is 12.5 Å². The smallest absolute Gasteiger partial charge is 0.342 e. The maximum atomic E-state index is 15.2. The molecule has 1 fully saturated rings. The summed E-state index contributed by atoms with van der Waals surface area (Å²) in [6.07, 6.45) is 0.565. The molecular weight excluding hydrogens is 371 g/mol. The van der Waals surface area contributed by atoms with Crippen LogP contribution >= 0.6 is 11.8 Å². The number of aromatic nitrogens is 1. The van der Waals surface area contributed by atoms with Crippen molar-refractivity contribution >= 4 is 34.3 Å². The first-order valence-electron chi connectivity index (χ1n) is 7.91. The quantitative estimate of drug-likeness (QED) is 0.841. The zero-order valence-electron chi connectivity index (χ0n) is 13.3. The first-order valence-corrected chi connectivity index (χ1v) is 8.79. The Labute approximate surface area is 149 Å². The summed E-state index contributed by atoms with van der Waals surface area (Å²) in [5.41, 5.74) is 3.63. The second-order valence-corrected chi connectivity index (χ2v) is 7.49. The zero-order chi connectivity index (χ0) is 18.7. The number of alkyl halides is 1. The molecule has 0 radical (unpaired) electrons. The molecule has 1 aromatic carbocycles. The molecule has 1 saturated heterocycles. The van der Waals surface area contributed by atoms with E-state index in [1.54, 1.807) is 0 Å². The minimum atomic E-state index is -1.51. The number of hydrogen-bond acceptors (Lipinski definition) is 5. The van der Waals surface area contributed by atoms with Gasteiger partial charge in [-0.3, -0.25) is 4.79 Å². The van der Waals surface area contributed by atoms with E-state index >= 15 is 4.39 Å². The molecule has 10 heteroatoms. The average Bonchev–Trinajstić information content (AvgIpc) is 2.97. The van der Waals surface area contributed by atoms with Gasteiger partial charge in [0.05, 0.1) is 15.9 Å². The number of hydrogen-bond donors (Lipinski definition) is 2. The summed E-state index contributed by atoms with van der Waals surface area (Å²) in [5.74, 6) is -3.48. The summed E-state index contributed by atoms with van der Waals surface area (Å²) in [6.45, 7) is -0.271. The number of nitrogens with two attached hydrogens (primary N) is 1. The van der Waals surface area contributed by atoms with Crippen LogP contribution in [0.2, 0.25) is 0 Å². The summed E-state index contributed by atoms with van der Waals surface area (Å²) in [6, 6.07) is 0.608. The van der Waals surface area contributed by atoms with Gasteiger partial charge < -0.3 is 20.3 Å². The van der Waals surface area contributed by atoms with Gasteiger partial charge >= 0.3 is 5.97 Å². The summed E-state index contributed by atoms with van der Waals surface area (Å²) in [4.78, 5) is 25.4.